The highest BCUT2D eigenvalue weighted by atomic mass is 31.2. The van der Waals surface area contributed by atoms with Crippen molar-refractivity contribution in [2.75, 3.05) is 33.3 Å². The second kappa shape index (κ2) is 18.8. The minimum Gasteiger partial charge on any atom is -0.369 e. The topological polar surface area (TPSA) is 338 Å². The number of aromatic nitrogens is 4. The normalized spacial score (nSPS) is 23.3. The fraction of sp³-hybridized carbons (Fsp3) is 0.600. The second-order valence-electron chi connectivity index (χ2n) is 10.8. The summed E-state index contributed by atoms with van der Waals surface area (Å²) in [6, 6.07) is 0. The number of phosphoric acid groups is 2. The number of aryl methyl sites for hydroxylation is 2. The van der Waals surface area contributed by atoms with E-state index in [1.54, 1.807) is 0 Å². The summed E-state index contributed by atoms with van der Waals surface area (Å²) in [6.45, 7) is 5.44. The van der Waals surface area contributed by atoms with Gasteiger partial charge in [-0.3, -0.25) is 37.7 Å². The molecule has 2 aliphatic heterocycles. The summed E-state index contributed by atoms with van der Waals surface area (Å²) in [6.07, 6.45) is -0.321. The number of hydrogen-bond donors (Lipinski definition) is 6. The molecule has 4 heterocycles. The molecule has 0 amide bonds. The smallest absolute Gasteiger partial charge is 0.369 e. The summed E-state index contributed by atoms with van der Waals surface area (Å²) >= 11 is 0. The van der Waals surface area contributed by atoms with E-state index in [-0.39, 0.29) is 38.5 Å². The van der Waals surface area contributed by atoms with E-state index >= 15 is 0 Å². The number of phosphoric ester groups is 2. The molecule has 0 radical (unpaired) electrons. The van der Waals surface area contributed by atoms with Gasteiger partial charge >= 0.3 is 27.0 Å². The zero-order valence-electron chi connectivity index (χ0n) is 27.1. The van der Waals surface area contributed by atoms with E-state index in [2.05, 4.69) is 35.6 Å². The lowest BCUT2D eigenvalue weighted by Gasteiger charge is -2.19. The zero-order chi connectivity index (χ0) is 37.9. The Labute approximate surface area is 286 Å². The zero-order valence-corrected chi connectivity index (χ0v) is 28.9. The van der Waals surface area contributed by atoms with Crippen molar-refractivity contribution in [3.05, 3.63) is 88.3 Å². The number of nitrogens with one attached hydrogen (secondary N) is 2. The predicted molar refractivity (Wildman–Crippen MR) is 170 cm³/mol. The Kier molecular flexibility index (Phi) is 15.4. The van der Waals surface area contributed by atoms with Gasteiger partial charge in [-0.05, 0) is 19.4 Å². The van der Waals surface area contributed by atoms with Crippen LogP contribution in [0.1, 0.15) is 36.4 Å². The van der Waals surface area contributed by atoms with Crippen molar-refractivity contribution in [1.82, 2.24) is 19.1 Å². The van der Waals surface area contributed by atoms with Crippen molar-refractivity contribution in [2.24, 2.45) is 5.11 Å². The van der Waals surface area contributed by atoms with Gasteiger partial charge < -0.3 is 43.3 Å². The third-order valence-electron chi connectivity index (χ3n) is 7.10. The number of hydrogen-bond acceptors (Lipinski definition) is 14. The van der Waals surface area contributed by atoms with Gasteiger partial charge in [0.2, 0.25) is 0 Å². The fourth-order valence-electron chi connectivity index (χ4n) is 4.76. The average Bonchev–Trinajstić information content (AvgIpc) is 3.64. The summed E-state index contributed by atoms with van der Waals surface area (Å²) in [5.74, 6) is 0. The largest absolute Gasteiger partial charge is 0.469 e. The number of azide groups is 1. The van der Waals surface area contributed by atoms with Crippen LogP contribution in [-0.2, 0) is 41.9 Å². The lowest BCUT2D eigenvalue weighted by Crippen LogP contribution is -2.33. The van der Waals surface area contributed by atoms with Crippen LogP contribution in [0.25, 0.3) is 10.4 Å². The van der Waals surface area contributed by atoms with E-state index < -0.39 is 88.2 Å². The molecular weight excluding hydrogens is 732 g/mol. The molecule has 6 atom stereocenters. The average molecular weight is 770 g/mol. The maximum absolute atomic E-state index is 12.0. The highest BCUT2D eigenvalue weighted by Gasteiger charge is 2.40. The van der Waals surface area contributed by atoms with Gasteiger partial charge in [-0.2, -0.15) is 0 Å². The Balaban J connectivity index is 0.000000276. The Morgan fingerprint density at radius 3 is 1.76 bits per heavy atom. The van der Waals surface area contributed by atoms with Gasteiger partial charge in [0.1, 0.15) is 38.2 Å². The van der Waals surface area contributed by atoms with Gasteiger partial charge in [-0.15, -0.1) is 6.58 Å². The molecule has 2 unspecified atom stereocenters. The van der Waals surface area contributed by atoms with Crippen molar-refractivity contribution in [1.29, 1.82) is 0 Å². The van der Waals surface area contributed by atoms with Crippen LogP contribution in [0.5, 0.6) is 0 Å². The first kappa shape index (κ1) is 41.8. The van der Waals surface area contributed by atoms with Gasteiger partial charge in [-0.25, -0.2) is 18.7 Å². The summed E-state index contributed by atoms with van der Waals surface area (Å²) in [5.41, 5.74) is 6.48. The third kappa shape index (κ3) is 13.2. The maximum atomic E-state index is 12.0. The molecule has 2 aliphatic rings. The molecule has 2 fully saturated rings. The Morgan fingerprint density at radius 2 is 1.35 bits per heavy atom. The van der Waals surface area contributed by atoms with E-state index in [1.807, 2.05) is 0 Å². The van der Waals surface area contributed by atoms with Crippen molar-refractivity contribution in [3.63, 3.8) is 0 Å². The minimum absolute atomic E-state index is 0.0985. The first-order chi connectivity index (χ1) is 23.9. The molecule has 2 saturated heterocycles. The number of H-pyrrole nitrogens is 2. The highest BCUT2D eigenvalue weighted by Crippen LogP contribution is 2.39. The van der Waals surface area contributed by atoms with Gasteiger partial charge in [0, 0.05) is 41.3 Å². The number of nitrogens with zero attached hydrogens (tertiary/aromatic N) is 5. The van der Waals surface area contributed by atoms with Gasteiger partial charge in [-0.1, -0.05) is 11.2 Å². The molecule has 284 valence electrons. The predicted octanol–water partition coefficient (Wildman–Crippen LogP) is -0.318. The molecule has 51 heavy (non-hydrogen) atoms. The summed E-state index contributed by atoms with van der Waals surface area (Å²) in [5, 5.41) is 3.21. The van der Waals surface area contributed by atoms with E-state index in [1.165, 1.54) is 36.9 Å². The van der Waals surface area contributed by atoms with Gasteiger partial charge in [0.05, 0.1) is 32.0 Å². The van der Waals surface area contributed by atoms with Crippen LogP contribution in [0.2, 0.25) is 0 Å². The monoisotopic (exact) mass is 769 g/mol. The molecule has 0 saturated carbocycles. The molecule has 2 aromatic heterocycles. The quantitative estimate of drug-likeness (QED) is 0.0242. The highest BCUT2D eigenvalue weighted by molar-refractivity contribution is 7.46. The first-order valence-electron chi connectivity index (χ1n) is 14.7. The van der Waals surface area contributed by atoms with Crippen LogP contribution < -0.4 is 22.5 Å². The van der Waals surface area contributed by atoms with E-state index in [0.29, 0.717) is 5.56 Å². The minimum atomic E-state index is -4.73. The maximum Gasteiger partial charge on any atom is 0.469 e. The Hall–Kier alpha value is -3.57. The van der Waals surface area contributed by atoms with E-state index in [0.717, 1.165) is 4.57 Å². The van der Waals surface area contributed by atoms with Crippen LogP contribution in [0.3, 0.4) is 0 Å². The lowest BCUT2D eigenvalue weighted by atomic mass is 10.2. The SMILES string of the molecule is C=CCOCOC1C[C@H](n2cc(C)c(=O)[nH]c2=O)O[C@@H]1COP(=O)(O)O.Cc1cn([C@H]2CC(OCN=[N+]=[N-])[C@@H](COP(=O)(O)O)O2)c(=O)[nH]c1=O. The Morgan fingerprint density at radius 1 is 0.902 bits per heavy atom. The molecule has 24 nitrogen and oxygen atoms in total. The molecule has 6 N–H and O–H groups in total. The summed E-state index contributed by atoms with van der Waals surface area (Å²) < 4.78 is 60.2. The van der Waals surface area contributed by atoms with Crippen LogP contribution in [0.15, 0.2) is 49.3 Å². The standard InChI is InChI=1S/C14H21N2O9P.C11H16N5O8P/c1-3-4-22-8-23-10-5-12(25-11(10)7-24-26(19,20)21)16-6-9(2)13(17)15-14(16)18;1-6-3-16(11(18)14-10(6)17)9-2-7(22-5-13-15-12)8(24-9)4-23-25(19,20)21/h3,6,10-12H,1,4-5,7-8H2,2H3,(H,15,17,18)(H2,19,20,21);3,7-9H,2,4-5H2,1H3,(H,14,17,18)(H2,19,20,21)/t10?,11-,12-;7?,8-,9-/m11/s1. The molecular formula is C25H37N7O17P2. The Bertz CT molecular complexity index is 1880. The van der Waals surface area contributed by atoms with Crippen molar-refractivity contribution >= 4 is 15.6 Å². The molecule has 26 heteroatoms. The number of ether oxygens (including phenoxy) is 5. The van der Waals surface area contributed by atoms with Gasteiger partial charge in [0.15, 0.2) is 0 Å². The van der Waals surface area contributed by atoms with Crippen LogP contribution in [0, 0.1) is 13.8 Å². The van der Waals surface area contributed by atoms with Crippen LogP contribution >= 0.6 is 15.6 Å². The molecule has 0 aliphatic carbocycles. The molecule has 0 aromatic carbocycles. The molecule has 2 aromatic rings. The van der Waals surface area contributed by atoms with E-state index in [9.17, 15) is 28.3 Å². The summed E-state index contributed by atoms with van der Waals surface area (Å²) in [7, 11) is -9.42. The first-order valence-corrected chi connectivity index (χ1v) is 17.8. The van der Waals surface area contributed by atoms with Crippen LogP contribution in [0.4, 0.5) is 0 Å². The number of rotatable bonds is 16. The van der Waals surface area contributed by atoms with Gasteiger partial charge in [0.25, 0.3) is 11.1 Å². The van der Waals surface area contributed by atoms with E-state index in [4.69, 9.17) is 48.8 Å². The van der Waals surface area contributed by atoms with Crippen LogP contribution in [-0.4, -0.2) is 96.4 Å². The molecule has 4 rings (SSSR count). The number of aromatic amines is 2. The van der Waals surface area contributed by atoms with Crippen molar-refractivity contribution in [2.45, 2.75) is 63.6 Å². The van der Waals surface area contributed by atoms with Crippen molar-refractivity contribution < 1.29 is 61.4 Å². The summed E-state index contributed by atoms with van der Waals surface area (Å²) in [4.78, 5) is 89.0. The second-order valence-corrected chi connectivity index (χ2v) is 13.3. The van der Waals surface area contributed by atoms with Crippen molar-refractivity contribution in [3.8, 4) is 0 Å². The molecule has 0 spiro atoms. The third-order valence-corrected chi connectivity index (χ3v) is 8.07. The lowest BCUT2D eigenvalue weighted by molar-refractivity contribution is -0.113. The fourth-order valence-corrected chi connectivity index (χ4v) is 5.44. The molecule has 0 bridgehead atoms.